The summed E-state index contributed by atoms with van der Waals surface area (Å²) >= 11 is 0. The van der Waals surface area contributed by atoms with Gasteiger partial charge in [-0.1, -0.05) is 0 Å². The molecule has 0 unspecified atom stereocenters. The van der Waals surface area contributed by atoms with Crippen molar-refractivity contribution in [3.63, 3.8) is 0 Å². The van der Waals surface area contributed by atoms with Crippen molar-refractivity contribution in [1.82, 2.24) is 20.1 Å². The number of nitrogens with zero attached hydrogens (tertiary/aromatic N) is 3. The number of aliphatic carboxylic acids is 1. The zero-order valence-electron chi connectivity index (χ0n) is 16.6. The summed E-state index contributed by atoms with van der Waals surface area (Å²) in [6.45, 7) is 1.25. The zero-order valence-corrected chi connectivity index (χ0v) is 16.6. The average molecular weight is 450 g/mol. The molecule has 0 saturated heterocycles. The van der Waals surface area contributed by atoms with Crippen molar-refractivity contribution in [2.45, 2.75) is 19.0 Å². The number of carbonyl (C=O) groups excluding carboxylic acids is 1. The van der Waals surface area contributed by atoms with Crippen molar-refractivity contribution < 1.29 is 32.3 Å². The molecule has 0 fully saturated rings. The summed E-state index contributed by atoms with van der Waals surface area (Å²) in [5.41, 5.74) is 4.47. The van der Waals surface area contributed by atoms with E-state index >= 15 is 0 Å². The van der Waals surface area contributed by atoms with Crippen LogP contribution in [0.5, 0.6) is 0 Å². The van der Waals surface area contributed by atoms with E-state index in [1.807, 2.05) is 4.90 Å². The molecule has 0 aliphatic carbocycles. The fraction of sp³-hybridized carbons (Fsp3) is 0.238. The monoisotopic (exact) mass is 450 g/mol. The Morgan fingerprint density at radius 3 is 2.31 bits per heavy atom. The molecule has 2 aromatic heterocycles. The molecular formula is C21H18F4N4O3. The number of rotatable bonds is 2. The topological polar surface area (TPSA) is 99.2 Å². The molecule has 0 bridgehead atoms. The first-order chi connectivity index (χ1) is 15.2. The average Bonchev–Trinajstić information content (AvgIpc) is 3.05. The van der Waals surface area contributed by atoms with Gasteiger partial charge in [0.15, 0.2) is 0 Å². The van der Waals surface area contributed by atoms with Gasteiger partial charge >= 0.3 is 12.1 Å². The highest BCUT2D eigenvalue weighted by molar-refractivity contribution is 5.94. The number of nitrogens with one attached hydrogen (secondary N) is 1. The molecule has 2 N–H and O–H groups in total. The van der Waals surface area contributed by atoms with Crippen LogP contribution in [0.1, 0.15) is 21.6 Å². The second kappa shape index (κ2) is 9.58. The van der Waals surface area contributed by atoms with Gasteiger partial charge in [-0.2, -0.15) is 18.3 Å². The number of carboxylic acids is 1. The normalized spacial score (nSPS) is 13.4. The third kappa shape index (κ3) is 5.48. The lowest BCUT2D eigenvalue weighted by atomic mass is 10.0. The maximum absolute atomic E-state index is 13.2. The number of carbonyl (C=O) groups is 2. The lowest BCUT2D eigenvalue weighted by Crippen LogP contribution is -2.33. The van der Waals surface area contributed by atoms with E-state index in [9.17, 15) is 22.4 Å². The van der Waals surface area contributed by atoms with Gasteiger partial charge in [-0.3, -0.25) is 14.9 Å². The van der Waals surface area contributed by atoms with Crippen molar-refractivity contribution in [1.29, 1.82) is 0 Å². The fourth-order valence-electron chi connectivity index (χ4n) is 3.20. The van der Waals surface area contributed by atoms with E-state index in [1.54, 1.807) is 36.7 Å². The van der Waals surface area contributed by atoms with Crippen LogP contribution in [0.4, 0.5) is 17.6 Å². The SMILES string of the molecule is O=C(O)C(F)(F)F.O=C(c1cccnc1)N1CCc2[nH]nc(-c3ccc(F)cc3)c2CC1. The molecule has 4 rings (SSSR count). The fourth-order valence-corrected chi connectivity index (χ4v) is 3.20. The van der Waals surface area contributed by atoms with Crippen LogP contribution < -0.4 is 0 Å². The number of aromatic nitrogens is 3. The van der Waals surface area contributed by atoms with Gasteiger partial charge in [0.1, 0.15) is 5.82 Å². The Labute approximate surface area is 179 Å². The highest BCUT2D eigenvalue weighted by Crippen LogP contribution is 2.27. The molecule has 1 amide bonds. The Morgan fingerprint density at radius 1 is 1.06 bits per heavy atom. The number of halogens is 4. The predicted octanol–water partition coefficient (Wildman–Crippen LogP) is 3.49. The van der Waals surface area contributed by atoms with E-state index in [-0.39, 0.29) is 11.7 Å². The van der Waals surface area contributed by atoms with Gasteiger partial charge in [-0.15, -0.1) is 0 Å². The van der Waals surface area contributed by atoms with E-state index in [0.29, 0.717) is 25.1 Å². The van der Waals surface area contributed by atoms with Crippen LogP contribution in [0.15, 0.2) is 48.8 Å². The minimum absolute atomic E-state index is 0.00505. The van der Waals surface area contributed by atoms with E-state index in [4.69, 9.17) is 9.90 Å². The van der Waals surface area contributed by atoms with Crippen LogP contribution >= 0.6 is 0 Å². The Bertz CT molecular complexity index is 1080. The second-order valence-corrected chi connectivity index (χ2v) is 6.87. The summed E-state index contributed by atoms with van der Waals surface area (Å²) in [6, 6.07) is 9.89. The number of alkyl halides is 3. The third-order valence-electron chi connectivity index (χ3n) is 4.77. The van der Waals surface area contributed by atoms with Gasteiger partial charge < -0.3 is 10.0 Å². The molecule has 0 spiro atoms. The summed E-state index contributed by atoms with van der Waals surface area (Å²) in [5, 5.41) is 14.6. The molecule has 32 heavy (non-hydrogen) atoms. The van der Waals surface area contributed by atoms with Gasteiger partial charge in [0.2, 0.25) is 0 Å². The van der Waals surface area contributed by atoms with Crippen LogP contribution in [-0.4, -0.2) is 56.3 Å². The molecule has 3 aromatic rings. The maximum atomic E-state index is 13.2. The number of amides is 1. The van der Waals surface area contributed by atoms with Crippen LogP contribution in [0.25, 0.3) is 11.3 Å². The van der Waals surface area contributed by atoms with Crippen LogP contribution in [0.3, 0.4) is 0 Å². The van der Waals surface area contributed by atoms with Gasteiger partial charge in [0.25, 0.3) is 5.91 Å². The largest absolute Gasteiger partial charge is 0.490 e. The van der Waals surface area contributed by atoms with E-state index in [1.165, 1.54) is 12.1 Å². The van der Waals surface area contributed by atoms with Gasteiger partial charge in [0, 0.05) is 48.7 Å². The first kappa shape index (κ1) is 22.9. The van der Waals surface area contributed by atoms with Crippen molar-refractivity contribution >= 4 is 11.9 Å². The summed E-state index contributed by atoms with van der Waals surface area (Å²) < 4.78 is 44.9. The number of fused-ring (bicyclic) bond motifs is 1. The summed E-state index contributed by atoms with van der Waals surface area (Å²) in [4.78, 5) is 27.4. The Hall–Kier alpha value is -3.76. The van der Waals surface area contributed by atoms with Gasteiger partial charge in [-0.05, 0) is 42.8 Å². The van der Waals surface area contributed by atoms with Crippen molar-refractivity contribution in [2.24, 2.45) is 0 Å². The lowest BCUT2D eigenvalue weighted by molar-refractivity contribution is -0.192. The molecule has 0 saturated carbocycles. The summed E-state index contributed by atoms with van der Waals surface area (Å²) in [5.74, 6) is -3.03. The minimum Gasteiger partial charge on any atom is -0.475 e. The van der Waals surface area contributed by atoms with Crippen LogP contribution in [0.2, 0.25) is 0 Å². The standard InChI is InChI=1S/C19H17FN4O.C2HF3O2/c20-15-5-3-13(4-6-15)18-16-7-10-24(11-8-17(16)22-23-18)19(25)14-2-1-9-21-12-14;3-2(4,5)1(6)7/h1-6,9,12H,7-8,10-11H2,(H,22,23);(H,6,7). The van der Waals surface area contributed by atoms with Crippen LogP contribution in [0, 0.1) is 5.82 Å². The molecule has 168 valence electrons. The van der Waals surface area contributed by atoms with Crippen LogP contribution in [-0.2, 0) is 17.6 Å². The molecular weight excluding hydrogens is 432 g/mol. The first-order valence-electron chi connectivity index (χ1n) is 9.48. The van der Waals surface area contributed by atoms with E-state index in [0.717, 1.165) is 28.9 Å². The third-order valence-corrected chi connectivity index (χ3v) is 4.77. The molecule has 7 nitrogen and oxygen atoms in total. The lowest BCUT2D eigenvalue weighted by Gasteiger charge is -2.20. The molecule has 0 atom stereocenters. The van der Waals surface area contributed by atoms with Crippen molar-refractivity contribution in [3.8, 4) is 11.3 Å². The van der Waals surface area contributed by atoms with Gasteiger partial charge in [0.05, 0.1) is 11.3 Å². The Morgan fingerprint density at radius 2 is 1.72 bits per heavy atom. The second-order valence-electron chi connectivity index (χ2n) is 6.87. The number of hydrogen-bond donors (Lipinski definition) is 2. The highest BCUT2D eigenvalue weighted by Gasteiger charge is 2.38. The molecule has 11 heteroatoms. The summed E-state index contributed by atoms with van der Waals surface area (Å²) in [7, 11) is 0. The number of pyridine rings is 1. The first-order valence-corrected chi connectivity index (χ1v) is 9.48. The summed E-state index contributed by atoms with van der Waals surface area (Å²) in [6.07, 6.45) is -0.400. The predicted molar refractivity (Wildman–Crippen MR) is 105 cm³/mol. The number of aromatic amines is 1. The number of carboxylic acid groups (broad SMARTS) is 1. The highest BCUT2D eigenvalue weighted by atomic mass is 19.4. The van der Waals surface area contributed by atoms with Gasteiger partial charge in [-0.25, -0.2) is 9.18 Å². The minimum atomic E-state index is -5.08. The van der Waals surface area contributed by atoms with E-state index in [2.05, 4.69) is 15.2 Å². The molecule has 1 aromatic carbocycles. The van der Waals surface area contributed by atoms with Crippen molar-refractivity contribution in [3.05, 3.63) is 71.4 Å². The molecule has 1 aliphatic rings. The van der Waals surface area contributed by atoms with E-state index < -0.39 is 12.1 Å². The molecule has 1 aliphatic heterocycles. The maximum Gasteiger partial charge on any atom is 0.490 e. The Balaban J connectivity index is 0.000000360. The quantitative estimate of drug-likeness (QED) is 0.583. The Kier molecular flexibility index (Phi) is 6.86. The molecule has 3 heterocycles. The number of H-pyrrole nitrogens is 1. The number of hydrogen-bond acceptors (Lipinski definition) is 4. The smallest absolute Gasteiger partial charge is 0.475 e. The molecule has 0 radical (unpaired) electrons. The number of benzene rings is 1. The van der Waals surface area contributed by atoms with Crippen molar-refractivity contribution in [2.75, 3.05) is 13.1 Å². The zero-order chi connectivity index (χ0) is 23.3.